The topological polar surface area (TPSA) is 60.6 Å². The summed E-state index contributed by atoms with van der Waals surface area (Å²) in [7, 11) is 1.56. The van der Waals surface area contributed by atoms with Crippen molar-refractivity contribution in [3.05, 3.63) is 95.4 Å². The summed E-state index contributed by atoms with van der Waals surface area (Å²) < 4.78 is 17.1. The number of methoxy groups -OCH3 is 1. The molecule has 1 aliphatic heterocycles. The molecule has 0 atom stereocenters. The molecule has 0 spiro atoms. The average molecular weight is 397 g/mol. The summed E-state index contributed by atoms with van der Waals surface area (Å²) in [5, 5.41) is 0.951. The van der Waals surface area contributed by atoms with Gasteiger partial charge in [-0.2, -0.15) is 0 Å². The molecule has 5 rings (SSSR count). The van der Waals surface area contributed by atoms with Gasteiger partial charge in [0.1, 0.15) is 12.4 Å². The molecule has 0 saturated heterocycles. The van der Waals surface area contributed by atoms with Crippen molar-refractivity contribution in [1.29, 1.82) is 0 Å². The van der Waals surface area contributed by atoms with E-state index in [1.165, 1.54) is 0 Å². The van der Waals surface area contributed by atoms with E-state index < -0.39 is 0 Å². The number of nitrogens with one attached hydrogen (secondary N) is 1. The third-order valence-electron chi connectivity index (χ3n) is 5.10. The molecule has 0 fully saturated rings. The fraction of sp³-hybridized carbons (Fsp3) is 0.0800. The van der Waals surface area contributed by atoms with E-state index in [-0.39, 0.29) is 11.5 Å². The van der Waals surface area contributed by atoms with E-state index in [2.05, 4.69) is 4.98 Å². The normalized spacial score (nSPS) is 14.0. The highest BCUT2D eigenvalue weighted by Crippen LogP contribution is 2.40. The number of allylic oxidation sites excluding steroid dienone is 1. The number of para-hydroxylation sites is 1. The lowest BCUT2D eigenvalue weighted by Gasteiger charge is -2.07. The van der Waals surface area contributed by atoms with E-state index in [0.29, 0.717) is 23.7 Å². The minimum absolute atomic E-state index is 0.158. The highest BCUT2D eigenvalue weighted by molar-refractivity contribution is 6.15. The molecule has 1 aliphatic rings. The maximum Gasteiger partial charge on any atom is 0.232 e. The summed E-state index contributed by atoms with van der Waals surface area (Å²) in [6.45, 7) is 0.490. The van der Waals surface area contributed by atoms with E-state index in [1.807, 2.05) is 54.7 Å². The molecule has 3 aromatic carbocycles. The smallest absolute Gasteiger partial charge is 0.232 e. The minimum atomic E-state index is -0.158. The van der Waals surface area contributed by atoms with Crippen molar-refractivity contribution in [3.8, 4) is 17.2 Å². The molecule has 148 valence electrons. The molecular weight excluding hydrogens is 378 g/mol. The molecule has 5 heteroatoms. The first-order chi connectivity index (χ1) is 14.7. The lowest BCUT2D eigenvalue weighted by molar-refractivity contribution is 0.101. The van der Waals surface area contributed by atoms with Gasteiger partial charge < -0.3 is 19.2 Å². The molecule has 0 saturated carbocycles. The average Bonchev–Trinajstić information content (AvgIpc) is 3.34. The van der Waals surface area contributed by atoms with Crippen molar-refractivity contribution in [2.45, 2.75) is 6.61 Å². The predicted octanol–water partition coefficient (Wildman–Crippen LogP) is 5.37. The van der Waals surface area contributed by atoms with Crippen molar-refractivity contribution < 1.29 is 19.0 Å². The number of Topliss-reactive ketones (excluding diaryl/α,β-unsaturated/α-hetero) is 1. The molecule has 1 N–H and O–H groups in total. The molecule has 4 aromatic rings. The summed E-state index contributed by atoms with van der Waals surface area (Å²) in [6.07, 6.45) is 3.61. The van der Waals surface area contributed by atoms with Crippen LogP contribution in [0.25, 0.3) is 17.0 Å². The molecule has 5 nitrogen and oxygen atoms in total. The van der Waals surface area contributed by atoms with Gasteiger partial charge in [-0.3, -0.25) is 4.79 Å². The van der Waals surface area contributed by atoms with Gasteiger partial charge in [-0.05, 0) is 42.0 Å². The van der Waals surface area contributed by atoms with Crippen LogP contribution in [-0.4, -0.2) is 17.9 Å². The monoisotopic (exact) mass is 397 g/mol. The third kappa shape index (κ3) is 3.20. The summed E-state index contributed by atoms with van der Waals surface area (Å²) in [4.78, 5) is 16.0. The number of carbonyl (C=O) groups is 1. The van der Waals surface area contributed by atoms with E-state index in [9.17, 15) is 4.79 Å². The maximum absolute atomic E-state index is 12.8. The molecule has 30 heavy (non-hydrogen) atoms. The van der Waals surface area contributed by atoms with Gasteiger partial charge in [0.05, 0.1) is 12.7 Å². The molecule has 2 heterocycles. The fourth-order valence-electron chi connectivity index (χ4n) is 3.56. The van der Waals surface area contributed by atoms with Crippen molar-refractivity contribution in [1.82, 2.24) is 4.98 Å². The van der Waals surface area contributed by atoms with Crippen molar-refractivity contribution in [3.63, 3.8) is 0 Å². The zero-order chi connectivity index (χ0) is 20.5. The first kappa shape index (κ1) is 18.1. The number of aromatic nitrogens is 1. The first-order valence-corrected chi connectivity index (χ1v) is 9.62. The summed E-state index contributed by atoms with van der Waals surface area (Å²) >= 11 is 0. The second kappa shape index (κ2) is 7.44. The molecule has 0 unspecified atom stereocenters. The Morgan fingerprint density at radius 2 is 1.90 bits per heavy atom. The van der Waals surface area contributed by atoms with Gasteiger partial charge in [-0.15, -0.1) is 0 Å². The fourth-order valence-corrected chi connectivity index (χ4v) is 3.56. The molecule has 1 aromatic heterocycles. The third-order valence-corrected chi connectivity index (χ3v) is 5.10. The number of rotatable bonds is 5. The first-order valence-electron chi connectivity index (χ1n) is 9.62. The lowest BCUT2D eigenvalue weighted by Crippen LogP contribution is -1.98. The number of carbonyl (C=O) groups excluding carboxylic acids is 1. The van der Waals surface area contributed by atoms with E-state index in [1.54, 1.807) is 31.4 Å². The Morgan fingerprint density at radius 1 is 1.03 bits per heavy atom. The van der Waals surface area contributed by atoms with Crippen LogP contribution in [0.3, 0.4) is 0 Å². The molecular formula is C25H19NO4. The number of hydrogen-bond acceptors (Lipinski definition) is 4. The highest BCUT2D eigenvalue weighted by Gasteiger charge is 2.30. The van der Waals surface area contributed by atoms with Gasteiger partial charge in [-0.1, -0.05) is 36.4 Å². The van der Waals surface area contributed by atoms with Crippen LogP contribution in [0.15, 0.2) is 78.7 Å². The van der Waals surface area contributed by atoms with Gasteiger partial charge in [0.25, 0.3) is 0 Å². The molecule has 0 radical (unpaired) electrons. The second-order valence-corrected chi connectivity index (χ2v) is 7.00. The number of hydrogen-bond donors (Lipinski definition) is 1. The highest BCUT2D eigenvalue weighted by atomic mass is 16.5. The van der Waals surface area contributed by atoms with Gasteiger partial charge >= 0.3 is 0 Å². The number of ketones is 1. The van der Waals surface area contributed by atoms with Crippen LogP contribution < -0.4 is 14.2 Å². The van der Waals surface area contributed by atoms with E-state index in [0.717, 1.165) is 27.8 Å². The Balaban J connectivity index is 1.44. The quantitative estimate of drug-likeness (QED) is 0.460. The van der Waals surface area contributed by atoms with Crippen LogP contribution in [0.5, 0.6) is 17.2 Å². The van der Waals surface area contributed by atoms with E-state index >= 15 is 0 Å². The van der Waals surface area contributed by atoms with Crippen molar-refractivity contribution in [2.24, 2.45) is 0 Å². The largest absolute Gasteiger partial charge is 0.493 e. The van der Waals surface area contributed by atoms with Crippen LogP contribution in [0.1, 0.15) is 21.5 Å². The zero-order valence-corrected chi connectivity index (χ0v) is 16.3. The van der Waals surface area contributed by atoms with E-state index in [4.69, 9.17) is 14.2 Å². The maximum atomic E-state index is 12.8. The summed E-state index contributed by atoms with van der Waals surface area (Å²) in [6, 6.07) is 21.2. The lowest BCUT2D eigenvalue weighted by atomic mass is 10.1. The standard InChI is InChI=1S/C25H19NO4/c1-28-22-9-5-8-19-24(27)23(30-25(19)22)12-17-14-26-21-11-10-18(13-20(17)21)29-15-16-6-3-2-4-7-16/h2-14,26H,15H2,1H3/b23-12-. The Kier molecular flexibility index (Phi) is 4.48. The van der Waals surface area contributed by atoms with Crippen LogP contribution in [-0.2, 0) is 6.61 Å². The van der Waals surface area contributed by atoms with Crippen LogP contribution in [0.2, 0.25) is 0 Å². The Labute approximate surface area is 173 Å². The van der Waals surface area contributed by atoms with Gasteiger partial charge in [0, 0.05) is 22.7 Å². The number of H-pyrrole nitrogens is 1. The van der Waals surface area contributed by atoms with Crippen molar-refractivity contribution >= 4 is 22.8 Å². The summed E-state index contributed by atoms with van der Waals surface area (Å²) in [5.41, 5.74) is 3.41. The Hall–Kier alpha value is -3.99. The predicted molar refractivity (Wildman–Crippen MR) is 115 cm³/mol. The Bertz CT molecular complexity index is 1270. The second-order valence-electron chi connectivity index (χ2n) is 7.00. The van der Waals surface area contributed by atoms with Crippen LogP contribution >= 0.6 is 0 Å². The van der Waals surface area contributed by atoms with Crippen LogP contribution in [0.4, 0.5) is 0 Å². The van der Waals surface area contributed by atoms with Crippen LogP contribution in [0, 0.1) is 0 Å². The number of aromatic amines is 1. The summed E-state index contributed by atoms with van der Waals surface area (Å²) in [5.74, 6) is 1.87. The molecule has 0 bridgehead atoms. The van der Waals surface area contributed by atoms with Crippen molar-refractivity contribution in [2.75, 3.05) is 7.11 Å². The zero-order valence-electron chi connectivity index (χ0n) is 16.3. The molecule has 0 aliphatic carbocycles. The molecule has 0 amide bonds. The van der Waals surface area contributed by atoms with Gasteiger partial charge in [-0.25, -0.2) is 0 Å². The SMILES string of the molecule is COc1cccc2c1O/C(=C\c1c[nH]c3ccc(OCc4ccccc4)cc13)C2=O. The number of ether oxygens (including phenoxy) is 3. The number of benzene rings is 3. The Morgan fingerprint density at radius 3 is 2.73 bits per heavy atom. The number of fused-ring (bicyclic) bond motifs is 2. The van der Waals surface area contributed by atoms with Gasteiger partial charge in [0.15, 0.2) is 17.3 Å². The van der Waals surface area contributed by atoms with Gasteiger partial charge in [0.2, 0.25) is 5.78 Å². The minimum Gasteiger partial charge on any atom is -0.493 e.